The van der Waals surface area contributed by atoms with E-state index in [4.69, 9.17) is 14.2 Å². The van der Waals surface area contributed by atoms with Crippen molar-refractivity contribution in [3.63, 3.8) is 0 Å². The summed E-state index contributed by atoms with van der Waals surface area (Å²) in [6.07, 6.45) is 0. The molecular formula is C12H27NO3. The second kappa shape index (κ2) is 10.0. The third-order valence-corrected chi connectivity index (χ3v) is 2.30. The summed E-state index contributed by atoms with van der Waals surface area (Å²) >= 11 is 0. The van der Waals surface area contributed by atoms with Gasteiger partial charge in [-0.05, 0) is 27.3 Å². The minimum atomic E-state index is -0.212. The first-order chi connectivity index (χ1) is 7.74. The van der Waals surface area contributed by atoms with E-state index in [1.807, 2.05) is 20.8 Å². The molecule has 4 heteroatoms. The van der Waals surface area contributed by atoms with Crippen LogP contribution in [0, 0.1) is 0 Å². The van der Waals surface area contributed by atoms with Crippen LogP contribution in [0.25, 0.3) is 0 Å². The highest BCUT2D eigenvalue weighted by atomic mass is 16.5. The Labute approximate surface area is 99.6 Å². The molecule has 0 rings (SSSR count). The van der Waals surface area contributed by atoms with Crippen molar-refractivity contribution < 1.29 is 14.2 Å². The van der Waals surface area contributed by atoms with E-state index in [1.165, 1.54) is 0 Å². The van der Waals surface area contributed by atoms with E-state index < -0.39 is 0 Å². The molecule has 0 radical (unpaired) electrons. The summed E-state index contributed by atoms with van der Waals surface area (Å²) in [5, 5.41) is 3.43. The molecule has 4 nitrogen and oxygen atoms in total. The summed E-state index contributed by atoms with van der Waals surface area (Å²) in [5.41, 5.74) is -0.212. The van der Waals surface area contributed by atoms with E-state index in [1.54, 1.807) is 0 Å². The van der Waals surface area contributed by atoms with Crippen LogP contribution in [0.4, 0.5) is 0 Å². The molecule has 16 heavy (non-hydrogen) atoms. The van der Waals surface area contributed by atoms with Gasteiger partial charge in [0.2, 0.25) is 0 Å². The second-order valence-corrected chi connectivity index (χ2v) is 3.72. The zero-order valence-electron chi connectivity index (χ0n) is 11.2. The van der Waals surface area contributed by atoms with Gasteiger partial charge in [-0.3, -0.25) is 0 Å². The molecule has 0 aromatic rings. The zero-order valence-corrected chi connectivity index (χ0v) is 11.2. The van der Waals surface area contributed by atoms with Gasteiger partial charge in [-0.1, -0.05) is 6.92 Å². The minimum absolute atomic E-state index is 0.212. The molecular weight excluding hydrogens is 206 g/mol. The Hall–Kier alpha value is -0.160. The first-order valence-corrected chi connectivity index (χ1v) is 6.22. The fraction of sp³-hybridized carbons (Fsp3) is 1.00. The molecule has 0 bridgehead atoms. The maximum Gasteiger partial charge on any atom is 0.0889 e. The summed E-state index contributed by atoms with van der Waals surface area (Å²) < 4.78 is 16.6. The lowest BCUT2D eigenvalue weighted by Crippen LogP contribution is -2.56. The Morgan fingerprint density at radius 1 is 0.750 bits per heavy atom. The molecule has 0 aromatic carbocycles. The van der Waals surface area contributed by atoms with Crippen molar-refractivity contribution in [3.8, 4) is 0 Å². The number of likely N-dealkylation sites (N-methyl/N-ethyl adjacent to an activating group) is 1. The minimum Gasteiger partial charge on any atom is -0.380 e. The first kappa shape index (κ1) is 15.8. The van der Waals surface area contributed by atoms with Crippen LogP contribution in [-0.2, 0) is 14.2 Å². The summed E-state index contributed by atoms with van der Waals surface area (Å²) in [6.45, 7) is 13.0. The van der Waals surface area contributed by atoms with Crippen molar-refractivity contribution in [2.24, 2.45) is 0 Å². The predicted octanol–water partition coefficient (Wildman–Crippen LogP) is 1.44. The van der Waals surface area contributed by atoms with Crippen LogP contribution < -0.4 is 5.32 Å². The maximum absolute atomic E-state index is 5.52. The number of rotatable bonds is 11. The number of nitrogens with one attached hydrogen (secondary N) is 1. The van der Waals surface area contributed by atoms with Gasteiger partial charge in [-0.25, -0.2) is 0 Å². The molecule has 0 unspecified atom stereocenters. The van der Waals surface area contributed by atoms with Crippen LogP contribution in [0.3, 0.4) is 0 Å². The van der Waals surface area contributed by atoms with E-state index in [9.17, 15) is 0 Å². The Morgan fingerprint density at radius 3 is 1.38 bits per heavy atom. The average Bonchev–Trinajstić information content (AvgIpc) is 2.31. The van der Waals surface area contributed by atoms with Gasteiger partial charge in [0.25, 0.3) is 0 Å². The highest BCUT2D eigenvalue weighted by molar-refractivity contribution is 4.87. The third kappa shape index (κ3) is 6.43. The number of hydrogen-bond donors (Lipinski definition) is 1. The van der Waals surface area contributed by atoms with E-state index in [0.29, 0.717) is 39.6 Å². The Balaban J connectivity index is 4.32. The molecule has 0 heterocycles. The van der Waals surface area contributed by atoms with E-state index >= 15 is 0 Å². The Bertz CT molecular complexity index is 131. The molecule has 0 saturated carbocycles. The van der Waals surface area contributed by atoms with Crippen LogP contribution in [0.5, 0.6) is 0 Å². The number of ether oxygens (including phenoxy) is 3. The fourth-order valence-electron chi connectivity index (χ4n) is 1.55. The quantitative estimate of drug-likeness (QED) is 0.586. The molecule has 0 amide bonds. The monoisotopic (exact) mass is 233 g/mol. The van der Waals surface area contributed by atoms with Gasteiger partial charge in [0.1, 0.15) is 0 Å². The molecule has 0 spiro atoms. The lowest BCUT2D eigenvalue weighted by atomic mass is 10.0. The Kier molecular flexibility index (Phi) is 9.92. The smallest absolute Gasteiger partial charge is 0.0889 e. The van der Waals surface area contributed by atoms with Crippen LogP contribution in [0.15, 0.2) is 0 Å². The molecule has 1 N–H and O–H groups in total. The summed E-state index contributed by atoms with van der Waals surface area (Å²) in [7, 11) is 0. The molecule has 0 aromatic heterocycles. The molecule has 0 aliphatic heterocycles. The molecule has 0 saturated heterocycles. The van der Waals surface area contributed by atoms with Gasteiger partial charge in [0.15, 0.2) is 0 Å². The molecule has 0 fully saturated rings. The molecule has 98 valence electrons. The summed E-state index contributed by atoms with van der Waals surface area (Å²) in [4.78, 5) is 0. The normalized spacial score (nSPS) is 12.0. The third-order valence-electron chi connectivity index (χ3n) is 2.30. The maximum atomic E-state index is 5.52. The van der Waals surface area contributed by atoms with Gasteiger partial charge < -0.3 is 19.5 Å². The average molecular weight is 233 g/mol. The van der Waals surface area contributed by atoms with Crippen molar-refractivity contribution in [3.05, 3.63) is 0 Å². The highest BCUT2D eigenvalue weighted by Gasteiger charge is 2.30. The summed E-state index contributed by atoms with van der Waals surface area (Å²) in [6, 6.07) is 0. The van der Waals surface area contributed by atoms with Crippen molar-refractivity contribution in [1.82, 2.24) is 5.32 Å². The Morgan fingerprint density at radius 2 is 1.12 bits per heavy atom. The molecule has 0 atom stereocenters. The molecule has 0 aliphatic rings. The lowest BCUT2D eigenvalue weighted by Gasteiger charge is -2.33. The standard InChI is InChI=1S/C12H27NO3/c1-5-13-12(9-14-6-2,10-15-7-3)11-16-8-4/h13H,5-11H2,1-4H3. The largest absolute Gasteiger partial charge is 0.380 e. The van der Waals surface area contributed by atoms with Gasteiger partial charge in [0, 0.05) is 19.8 Å². The molecule has 0 aliphatic carbocycles. The van der Waals surface area contributed by atoms with Gasteiger partial charge in [-0.15, -0.1) is 0 Å². The lowest BCUT2D eigenvalue weighted by molar-refractivity contribution is -0.0328. The van der Waals surface area contributed by atoms with Crippen LogP contribution in [-0.4, -0.2) is 51.7 Å². The van der Waals surface area contributed by atoms with Crippen molar-refractivity contribution in [2.75, 3.05) is 46.2 Å². The summed E-state index contributed by atoms with van der Waals surface area (Å²) in [5.74, 6) is 0. The van der Waals surface area contributed by atoms with E-state index in [2.05, 4.69) is 12.2 Å². The van der Waals surface area contributed by atoms with E-state index in [0.717, 1.165) is 6.54 Å². The fourth-order valence-corrected chi connectivity index (χ4v) is 1.55. The zero-order chi connectivity index (χ0) is 12.3. The van der Waals surface area contributed by atoms with Gasteiger partial charge in [-0.2, -0.15) is 0 Å². The highest BCUT2D eigenvalue weighted by Crippen LogP contribution is 2.08. The van der Waals surface area contributed by atoms with Crippen LogP contribution in [0.2, 0.25) is 0 Å². The van der Waals surface area contributed by atoms with Crippen LogP contribution in [0.1, 0.15) is 27.7 Å². The number of hydrogen-bond acceptors (Lipinski definition) is 4. The van der Waals surface area contributed by atoms with Crippen LogP contribution >= 0.6 is 0 Å². The topological polar surface area (TPSA) is 39.7 Å². The van der Waals surface area contributed by atoms with E-state index in [-0.39, 0.29) is 5.54 Å². The van der Waals surface area contributed by atoms with Gasteiger partial charge in [0.05, 0.1) is 25.4 Å². The second-order valence-electron chi connectivity index (χ2n) is 3.72. The van der Waals surface area contributed by atoms with Crippen molar-refractivity contribution in [2.45, 2.75) is 33.2 Å². The van der Waals surface area contributed by atoms with Gasteiger partial charge >= 0.3 is 0 Å². The van der Waals surface area contributed by atoms with Crippen molar-refractivity contribution in [1.29, 1.82) is 0 Å². The predicted molar refractivity (Wildman–Crippen MR) is 65.9 cm³/mol. The SMILES string of the molecule is CCNC(COCC)(COCC)COCC. The van der Waals surface area contributed by atoms with Crippen molar-refractivity contribution >= 4 is 0 Å². The first-order valence-electron chi connectivity index (χ1n) is 6.22.